The standard InChI is InChI=1S/C17H19ClN4S/c1-3-22-11-14(8-21-22)12(2)19-9-16-10-20-17(23-16)13-4-6-15(18)7-5-13/h4-8,10-12,19H,3,9H2,1-2H3/t12-/m0/s1. The molecule has 0 aliphatic rings. The van der Waals surface area contributed by atoms with Gasteiger partial charge in [0.2, 0.25) is 0 Å². The summed E-state index contributed by atoms with van der Waals surface area (Å²) in [5.74, 6) is 0. The normalized spacial score (nSPS) is 12.5. The van der Waals surface area contributed by atoms with E-state index in [1.165, 1.54) is 10.4 Å². The number of halogens is 1. The van der Waals surface area contributed by atoms with Gasteiger partial charge in [-0.15, -0.1) is 11.3 Å². The monoisotopic (exact) mass is 346 g/mol. The van der Waals surface area contributed by atoms with E-state index in [0.29, 0.717) is 0 Å². The number of aromatic nitrogens is 3. The highest BCUT2D eigenvalue weighted by Crippen LogP contribution is 2.26. The molecule has 0 saturated heterocycles. The average molecular weight is 347 g/mol. The summed E-state index contributed by atoms with van der Waals surface area (Å²) in [7, 11) is 0. The van der Waals surface area contributed by atoms with Crippen LogP contribution in [0.3, 0.4) is 0 Å². The number of aryl methyl sites for hydroxylation is 1. The first kappa shape index (κ1) is 16.2. The third kappa shape index (κ3) is 3.99. The number of nitrogens with zero attached hydrogens (tertiary/aromatic N) is 3. The van der Waals surface area contributed by atoms with Gasteiger partial charge in [-0.05, 0) is 26.0 Å². The van der Waals surface area contributed by atoms with Crippen LogP contribution in [0.1, 0.15) is 30.3 Å². The molecule has 2 heterocycles. The van der Waals surface area contributed by atoms with Gasteiger partial charge >= 0.3 is 0 Å². The Labute approximate surface area is 145 Å². The van der Waals surface area contributed by atoms with Gasteiger partial charge in [-0.25, -0.2) is 4.98 Å². The Hall–Kier alpha value is -1.69. The first-order valence-electron chi connectivity index (χ1n) is 7.62. The van der Waals surface area contributed by atoms with Crippen LogP contribution < -0.4 is 5.32 Å². The quantitative estimate of drug-likeness (QED) is 0.713. The van der Waals surface area contributed by atoms with Crippen molar-refractivity contribution in [2.45, 2.75) is 33.0 Å². The van der Waals surface area contributed by atoms with Gasteiger partial charge in [0.15, 0.2) is 0 Å². The summed E-state index contributed by atoms with van der Waals surface area (Å²) in [5, 5.41) is 9.60. The van der Waals surface area contributed by atoms with E-state index in [0.717, 1.165) is 28.7 Å². The molecule has 1 aromatic carbocycles. The number of benzene rings is 1. The zero-order chi connectivity index (χ0) is 16.2. The number of thiazole rings is 1. The molecule has 23 heavy (non-hydrogen) atoms. The molecular weight excluding hydrogens is 328 g/mol. The van der Waals surface area contributed by atoms with Gasteiger partial charge in [-0.1, -0.05) is 23.7 Å². The summed E-state index contributed by atoms with van der Waals surface area (Å²) in [6, 6.07) is 8.05. The van der Waals surface area contributed by atoms with Crippen LogP contribution in [0.2, 0.25) is 5.02 Å². The molecule has 1 atom stereocenters. The van der Waals surface area contributed by atoms with Crippen LogP contribution in [0.15, 0.2) is 42.9 Å². The number of hydrogen-bond donors (Lipinski definition) is 1. The highest BCUT2D eigenvalue weighted by molar-refractivity contribution is 7.15. The molecule has 0 amide bonds. The van der Waals surface area contributed by atoms with Crippen molar-refractivity contribution in [3.05, 3.63) is 58.3 Å². The van der Waals surface area contributed by atoms with Crippen LogP contribution in [-0.4, -0.2) is 14.8 Å². The SMILES string of the molecule is CCn1cc([C@H](C)NCc2cnc(-c3ccc(Cl)cc3)s2)cn1. The Balaban J connectivity index is 1.61. The molecule has 2 aromatic heterocycles. The van der Waals surface area contributed by atoms with Crippen molar-refractivity contribution >= 4 is 22.9 Å². The molecule has 0 fully saturated rings. The predicted octanol–water partition coefficient (Wildman–Crippen LogP) is 4.53. The molecule has 3 rings (SSSR count). The lowest BCUT2D eigenvalue weighted by Crippen LogP contribution is -2.17. The molecule has 0 aliphatic heterocycles. The average Bonchev–Trinajstić information content (AvgIpc) is 3.22. The van der Waals surface area contributed by atoms with Gasteiger partial charge in [0, 0.05) is 52.6 Å². The molecule has 6 heteroatoms. The molecule has 0 unspecified atom stereocenters. The van der Waals surface area contributed by atoms with E-state index >= 15 is 0 Å². The first-order chi connectivity index (χ1) is 11.2. The summed E-state index contributed by atoms with van der Waals surface area (Å²) in [6.45, 7) is 5.93. The van der Waals surface area contributed by atoms with Gasteiger partial charge in [-0.2, -0.15) is 5.10 Å². The third-order valence-corrected chi connectivity index (χ3v) is 5.00. The molecule has 0 saturated carbocycles. The molecule has 0 radical (unpaired) electrons. The van der Waals surface area contributed by atoms with Crippen molar-refractivity contribution in [3.63, 3.8) is 0 Å². The van der Waals surface area contributed by atoms with E-state index in [1.807, 2.05) is 41.3 Å². The van der Waals surface area contributed by atoms with E-state index in [1.54, 1.807) is 11.3 Å². The predicted molar refractivity (Wildman–Crippen MR) is 95.7 cm³/mol. The fourth-order valence-electron chi connectivity index (χ4n) is 2.26. The van der Waals surface area contributed by atoms with Crippen molar-refractivity contribution in [2.75, 3.05) is 0 Å². The Bertz CT molecular complexity index is 763. The lowest BCUT2D eigenvalue weighted by molar-refractivity contribution is 0.576. The number of hydrogen-bond acceptors (Lipinski definition) is 4. The minimum atomic E-state index is 0.261. The Morgan fingerprint density at radius 3 is 2.74 bits per heavy atom. The van der Waals surface area contributed by atoms with Gasteiger partial charge < -0.3 is 5.32 Å². The molecule has 4 nitrogen and oxygen atoms in total. The van der Waals surface area contributed by atoms with Crippen LogP contribution >= 0.6 is 22.9 Å². The molecular formula is C17H19ClN4S. The van der Waals surface area contributed by atoms with E-state index in [4.69, 9.17) is 11.6 Å². The summed E-state index contributed by atoms with van der Waals surface area (Å²) in [5.41, 5.74) is 2.30. The van der Waals surface area contributed by atoms with E-state index in [2.05, 4.69) is 35.4 Å². The van der Waals surface area contributed by atoms with Gasteiger partial charge in [0.1, 0.15) is 5.01 Å². The largest absolute Gasteiger partial charge is 0.305 e. The molecule has 0 bridgehead atoms. The maximum Gasteiger partial charge on any atom is 0.123 e. The lowest BCUT2D eigenvalue weighted by Gasteiger charge is -2.10. The second-order valence-corrected chi connectivity index (χ2v) is 6.92. The summed E-state index contributed by atoms with van der Waals surface area (Å²) >= 11 is 7.63. The topological polar surface area (TPSA) is 42.7 Å². The highest BCUT2D eigenvalue weighted by atomic mass is 35.5. The van der Waals surface area contributed by atoms with Crippen LogP contribution in [-0.2, 0) is 13.1 Å². The minimum Gasteiger partial charge on any atom is -0.305 e. The van der Waals surface area contributed by atoms with Gasteiger partial charge in [0.25, 0.3) is 0 Å². The lowest BCUT2D eigenvalue weighted by atomic mass is 10.2. The Morgan fingerprint density at radius 2 is 2.04 bits per heavy atom. The van der Waals surface area contributed by atoms with Crippen LogP contribution in [0.4, 0.5) is 0 Å². The molecule has 3 aromatic rings. The van der Waals surface area contributed by atoms with Gasteiger partial charge in [-0.3, -0.25) is 4.68 Å². The zero-order valence-corrected chi connectivity index (χ0v) is 14.7. The Kier molecular flexibility index (Phi) is 5.10. The number of nitrogens with one attached hydrogen (secondary N) is 1. The van der Waals surface area contributed by atoms with Crippen molar-refractivity contribution < 1.29 is 0 Å². The summed E-state index contributed by atoms with van der Waals surface area (Å²) in [6.07, 6.45) is 5.94. The van der Waals surface area contributed by atoms with Crippen molar-refractivity contribution in [3.8, 4) is 10.6 Å². The molecule has 1 N–H and O–H groups in total. The van der Waals surface area contributed by atoms with Crippen molar-refractivity contribution in [2.24, 2.45) is 0 Å². The third-order valence-electron chi connectivity index (χ3n) is 3.70. The molecule has 0 spiro atoms. The fourth-order valence-corrected chi connectivity index (χ4v) is 3.26. The van der Waals surface area contributed by atoms with E-state index < -0.39 is 0 Å². The molecule has 120 valence electrons. The smallest absolute Gasteiger partial charge is 0.123 e. The fraction of sp³-hybridized carbons (Fsp3) is 0.294. The maximum absolute atomic E-state index is 5.93. The summed E-state index contributed by atoms with van der Waals surface area (Å²) in [4.78, 5) is 5.72. The second kappa shape index (κ2) is 7.25. The first-order valence-corrected chi connectivity index (χ1v) is 8.81. The van der Waals surface area contributed by atoms with Crippen molar-refractivity contribution in [1.29, 1.82) is 0 Å². The second-order valence-electron chi connectivity index (χ2n) is 5.37. The minimum absolute atomic E-state index is 0.261. The van der Waals surface area contributed by atoms with E-state index in [9.17, 15) is 0 Å². The van der Waals surface area contributed by atoms with Crippen LogP contribution in [0, 0.1) is 0 Å². The summed E-state index contributed by atoms with van der Waals surface area (Å²) < 4.78 is 1.94. The highest BCUT2D eigenvalue weighted by Gasteiger charge is 2.09. The maximum atomic E-state index is 5.93. The zero-order valence-electron chi connectivity index (χ0n) is 13.2. The number of rotatable bonds is 6. The van der Waals surface area contributed by atoms with Crippen molar-refractivity contribution in [1.82, 2.24) is 20.1 Å². The molecule has 0 aliphatic carbocycles. The van der Waals surface area contributed by atoms with Crippen LogP contribution in [0.25, 0.3) is 10.6 Å². The van der Waals surface area contributed by atoms with Gasteiger partial charge in [0.05, 0.1) is 6.20 Å². The van der Waals surface area contributed by atoms with Crippen LogP contribution in [0.5, 0.6) is 0 Å². The van der Waals surface area contributed by atoms with E-state index in [-0.39, 0.29) is 6.04 Å². The Morgan fingerprint density at radius 1 is 1.26 bits per heavy atom.